The highest BCUT2D eigenvalue weighted by Crippen LogP contribution is 2.22. The van der Waals surface area contributed by atoms with Gasteiger partial charge in [-0.3, -0.25) is 0 Å². The number of halogens is 1. The highest BCUT2D eigenvalue weighted by Gasteiger charge is 2.17. The number of benzene rings is 1. The zero-order valence-electron chi connectivity index (χ0n) is 9.31. The van der Waals surface area contributed by atoms with E-state index >= 15 is 0 Å². The Bertz CT molecular complexity index is 592. The van der Waals surface area contributed by atoms with E-state index in [0.717, 1.165) is 11.3 Å². The molecule has 1 N–H and O–H groups in total. The highest BCUT2D eigenvalue weighted by molar-refractivity contribution is 6.31. The van der Waals surface area contributed by atoms with Crippen LogP contribution in [0.1, 0.15) is 21.7 Å². The first-order chi connectivity index (χ1) is 8.02. The van der Waals surface area contributed by atoms with Crippen LogP contribution in [0.5, 0.6) is 0 Å². The minimum atomic E-state index is -1.09. The molecule has 0 spiro atoms. The molecule has 0 unspecified atom stereocenters. The number of rotatable bonds is 2. The van der Waals surface area contributed by atoms with Crippen LogP contribution in [-0.2, 0) is 0 Å². The fourth-order valence-electron chi connectivity index (χ4n) is 1.58. The Morgan fingerprint density at radius 1 is 1.41 bits per heavy atom. The van der Waals surface area contributed by atoms with E-state index in [9.17, 15) is 4.79 Å². The molecule has 17 heavy (non-hydrogen) atoms. The summed E-state index contributed by atoms with van der Waals surface area (Å²) in [5.74, 6) is -1.09. The second-order valence-corrected chi connectivity index (χ2v) is 4.03. The van der Waals surface area contributed by atoms with Crippen molar-refractivity contribution >= 4 is 17.6 Å². The maximum atomic E-state index is 10.9. The molecule has 0 aliphatic carbocycles. The van der Waals surface area contributed by atoms with Crippen molar-refractivity contribution in [3.63, 3.8) is 0 Å². The number of hydrogen-bond donors (Lipinski definition) is 1. The fourth-order valence-corrected chi connectivity index (χ4v) is 1.75. The number of carboxylic acid groups (broad SMARTS) is 1. The third-order valence-electron chi connectivity index (χ3n) is 2.56. The zero-order chi connectivity index (χ0) is 12.6. The predicted molar refractivity (Wildman–Crippen MR) is 62.8 cm³/mol. The Labute approximate surface area is 103 Å². The minimum Gasteiger partial charge on any atom is -0.476 e. The summed E-state index contributed by atoms with van der Waals surface area (Å²) >= 11 is 6.01. The molecule has 0 saturated carbocycles. The molecule has 0 aliphatic heterocycles. The number of nitrogens with zero attached hydrogens (tertiary/aromatic N) is 3. The number of carbonyl (C=O) groups is 1. The predicted octanol–water partition coefficient (Wildman–Crippen LogP) is 2.24. The SMILES string of the molecule is Cc1c(Cl)cccc1-n1nnc(C(=O)O)c1C. The van der Waals surface area contributed by atoms with Crippen molar-refractivity contribution in [3.05, 3.63) is 40.2 Å². The first-order valence-electron chi connectivity index (χ1n) is 4.93. The van der Waals surface area contributed by atoms with Crippen LogP contribution in [0.4, 0.5) is 0 Å². The molecule has 6 heteroatoms. The van der Waals surface area contributed by atoms with Gasteiger partial charge in [0.05, 0.1) is 11.4 Å². The van der Waals surface area contributed by atoms with Crippen LogP contribution in [-0.4, -0.2) is 26.1 Å². The molecule has 88 valence electrons. The number of carboxylic acids is 1. The molecule has 2 rings (SSSR count). The lowest BCUT2D eigenvalue weighted by Crippen LogP contribution is -2.04. The van der Waals surface area contributed by atoms with E-state index in [2.05, 4.69) is 10.3 Å². The lowest BCUT2D eigenvalue weighted by atomic mass is 10.2. The maximum Gasteiger partial charge on any atom is 0.358 e. The van der Waals surface area contributed by atoms with Gasteiger partial charge in [0.15, 0.2) is 5.69 Å². The van der Waals surface area contributed by atoms with Gasteiger partial charge < -0.3 is 5.11 Å². The van der Waals surface area contributed by atoms with Crippen molar-refractivity contribution in [1.82, 2.24) is 15.0 Å². The summed E-state index contributed by atoms with van der Waals surface area (Å²) in [6.07, 6.45) is 0. The van der Waals surface area contributed by atoms with Crippen LogP contribution < -0.4 is 0 Å². The summed E-state index contributed by atoms with van der Waals surface area (Å²) in [5.41, 5.74) is 1.99. The van der Waals surface area contributed by atoms with Crippen molar-refractivity contribution in [2.24, 2.45) is 0 Å². The van der Waals surface area contributed by atoms with Crippen molar-refractivity contribution < 1.29 is 9.90 Å². The van der Waals surface area contributed by atoms with Gasteiger partial charge in [0.1, 0.15) is 0 Å². The largest absolute Gasteiger partial charge is 0.476 e. The Morgan fingerprint density at radius 3 is 2.71 bits per heavy atom. The molecule has 0 atom stereocenters. The summed E-state index contributed by atoms with van der Waals surface area (Å²) < 4.78 is 1.48. The molecule has 0 amide bonds. The smallest absolute Gasteiger partial charge is 0.358 e. The number of aromatic carboxylic acids is 1. The normalized spacial score (nSPS) is 10.5. The van der Waals surface area contributed by atoms with Gasteiger partial charge in [-0.1, -0.05) is 22.9 Å². The van der Waals surface area contributed by atoms with E-state index in [1.807, 2.05) is 13.0 Å². The topological polar surface area (TPSA) is 68.0 Å². The van der Waals surface area contributed by atoms with Gasteiger partial charge in [-0.15, -0.1) is 5.10 Å². The van der Waals surface area contributed by atoms with Crippen LogP contribution in [0, 0.1) is 13.8 Å². The summed E-state index contributed by atoms with van der Waals surface area (Å²) in [6.45, 7) is 3.50. The molecule has 0 saturated heterocycles. The van der Waals surface area contributed by atoms with Crippen LogP contribution in [0.25, 0.3) is 5.69 Å². The summed E-state index contributed by atoms with van der Waals surface area (Å²) in [7, 11) is 0. The van der Waals surface area contributed by atoms with E-state index in [-0.39, 0.29) is 5.69 Å². The van der Waals surface area contributed by atoms with Gasteiger partial charge in [-0.2, -0.15) is 0 Å². The minimum absolute atomic E-state index is 0.0515. The summed E-state index contributed by atoms with van der Waals surface area (Å²) in [5, 5.41) is 17.0. The standard InChI is InChI=1S/C11H10ClN3O2/c1-6-8(12)4-3-5-9(6)15-7(2)10(11(16)17)13-14-15/h3-5H,1-2H3,(H,16,17). The van der Waals surface area contributed by atoms with E-state index in [0.29, 0.717) is 10.7 Å². The van der Waals surface area contributed by atoms with Gasteiger partial charge in [0.2, 0.25) is 0 Å². The lowest BCUT2D eigenvalue weighted by Gasteiger charge is -2.08. The fraction of sp³-hybridized carbons (Fsp3) is 0.182. The lowest BCUT2D eigenvalue weighted by molar-refractivity contribution is 0.0689. The monoisotopic (exact) mass is 251 g/mol. The van der Waals surface area contributed by atoms with E-state index in [4.69, 9.17) is 16.7 Å². The third kappa shape index (κ3) is 1.89. The Morgan fingerprint density at radius 2 is 2.12 bits per heavy atom. The first kappa shape index (κ1) is 11.6. The van der Waals surface area contributed by atoms with Crippen LogP contribution in [0.2, 0.25) is 5.02 Å². The molecule has 1 aromatic carbocycles. The third-order valence-corrected chi connectivity index (χ3v) is 2.97. The Balaban J connectivity index is 2.62. The molecule has 0 aliphatic rings. The van der Waals surface area contributed by atoms with Gasteiger partial charge in [0.25, 0.3) is 0 Å². The van der Waals surface area contributed by atoms with E-state index in [1.165, 1.54) is 4.68 Å². The van der Waals surface area contributed by atoms with Gasteiger partial charge in [0, 0.05) is 5.02 Å². The van der Waals surface area contributed by atoms with Gasteiger partial charge in [-0.05, 0) is 31.5 Å². The molecule has 1 aromatic heterocycles. The van der Waals surface area contributed by atoms with Crippen molar-refractivity contribution in [2.45, 2.75) is 13.8 Å². The molecule has 0 bridgehead atoms. The molecule has 2 aromatic rings. The van der Waals surface area contributed by atoms with E-state index < -0.39 is 5.97 Å². The van der Waals surface area contributed by atoms with Crippen LogP contribution in [0.15, 0.2) is 18.2 Å². The Hall–Kier alpha value is -1.88. The van der Waals surface area contributed by atoms with Crippen molar-refractivity contribution in [2.75, 3.05) is 0 Å². The van der Waals surface area contributed by atoms with Crippen molar-refractivity contribution in [3.8, 4) is 5.69 Å². The Kier molecular flexibility index (Phi) is 2.85. The van der Waals surface area contributed by atoms with Crippen molar-refractivity contribution in [1.29, 1.82) is 0 Å². The van der Waals surface area contributed by atoms with Gasteiger partial charge >= 0.3 is 5.97 Å². The number of hydrogen-bond acceptors (Lipinski definition) is 3. The second-order valence-electron chi connectivity index (χ2n) is 3.62. The average molecular weight is 252 g/mol. The second kappa shape index (κ2) is 4.18. The molecule has 1 heterocycles. The van der Waals surface area contributed by atoms with Gasteiger partial charge in [-0.25, -0.2) is 9.48 Å². The molecular weight excluding hydrogens is 242 g/mol. The summed E-state index contributed by atoms with van der Waals surface area (Å²) in [6, 6.07) is 5.37. The average Bonchev–Trinajstić information content (AvgIpc) is 2.64. The maximum absolute atomic E-state index is 10.9. The highest BCUT2D eigenvalue weighted by atomic mass is 35.5. The summed E-state index contributed by atoms with van der Waals surface area (Å²) in [4.78, 5) is 10.9. The molecular formula is C11H10ClN3O2. The van der Waals surface area contributed by atoms with Crippen LogP contribution in [0.3, 0.4) is 0 Å². The first-order valence-corrected chi connectivity index (χ1v) is 5.31. The molecule has 5 nitrogen and oxygen atoms in total. The van der Waals surface area contributed by atoms with Crippen LogP contribution >= 0.6 is 11.6 Å². The molecule has 0 fully saturated rings. The quantitative estimate of drug-likeness (QED) is 0.889. The van der Waals surface area contributed by atoms with E-state index in [1.54, 1.807) is 19.1 Å². The number of aromatic nitrogens is 3. The molecule has 0 radical (unpaired) electrons. The zero-order valence-corrected chi connectivity index (χ0v) is 10.1.